The molecule has 0 saturated carbocycles. The molecule has 1 aliphatic heterocycles. The highest BCUT2D eigenvalue weighted by Gasteiger charge is 2.21. The van der Waals surface area contributed by atoms with Crippen molar-refractivity contribution in [2.24, 2.45) is 5.73 Å². The third kappa shape index (κ3) is 3.30. The van der Waals surface area contributed by atoms with Gasteiger partial charge in [0.2, 0.25) is 0 Å². The average Bonchev–Trinajstić information content (AvgIpc) is 2.45. The number of aromatic nitrogens is 1. The van der Waals surface area contributed by atoms with E-state index in [1.165, 1.54) is 16.8 Å². The van der Waals surface area contributed by atoms with Gasteiger partial charge >= 0.3 is 0 Å². The number of fused-ring (bicyclic) bond motifs is 1. The summed E-state index contributed by atoms with van der Waals surface area (Å²) in [7, 11) is 0. The van der Waals surface area contributed by atoms with Crippen LogP contribution >= 0.6 is 12.4 Å². The Morgan fingerprint density at radius 3 is 2.85 bits per heavy atom. The maximum absolute atomic E-state index is 6.15. The second-order valence-corrected chi connectivity index (χ2v) is 5.15. The van der Waals surface area contributed by atoms with Crippen LogP contribution in [0.4, 0.5) is 5.69 Å². The molecular formula is C16H20ClN3. The third-order valence-electron chi connectivity index (χ3n) is 3.66. The summed E-state index contributed by atoms with van der Waals surface area (Å²) < 4.78 is 0. The number of para-hydroxylation sites is 1. The Hall–Kier alpha value is -1.58. The van der Waals surface area contributed by atoms with Gasteiger partial charge in [-0.2, -0.15) is 0 Å². The molecule has 0 fully saturated rings. The van der Waals surface area contributed by atoms with E-state index in [0.29, 0.717) is 0 Å². The zero-order valence-electron chi connectivity index (χ0n) is 11.4. The molecule has 3 nitrogen and oxygen atoms in total. The van der Waals surface area contributed by atoms with Crippen molar-refractivity contribution in [3.8, 4) is 0 Å². The average molecular weight is 290 g/mol. The van der Waals surface area contributed by atoms with Crippen LogP contribution < -0.4 is 10.6 Å². The number of halogens is 1. The van der Waals surface area contributed by atoms with E-state index in [-0.39, 0.29) is 18.4 Å². The molecule has 1 atom stereocenters. The largest absolute Gasteiger partial charge is 0.369 e. The monoisotopic (exact) mass is 289 g/mol. The minimum absolute atomic E-state index is 0. The standard InChI is InChI=1S/C16H19N3.ClH/c17-15-10-14-5-1-2-6-16(14)19(12-15)9-7-13-4-3-8-18-11-13;/h1-6,8,11,15H,7,9-10,12,17H2;1H. The molecule has 0 radical (unpaired) electrons. The highest BCUT2D eigenvalue weighted by Crippen LogP contribution is 2.26. The lowest BCUT2D eigenvalue weighted by Gasteiger charge is -2.34. The zero-order valence-corrected chi connectivity index (χ0v) is 12.2. The van der Waals surface area contributed by atoms with Crippen molar-refractivity contribution in [3.05, 3.63) is 59.9 Å². The quantitative estimate of drug-likeness (QED) is 0.944. The zero-order chi connectivity index (χ0) is 13.1. The molecular weight excluding hydrogens is 270 g/mol. The van der Waals surface area contributed by atoms with E-state index in [1.54, 1.807) is 0 Å². The van der Waals surface area contributed by atoms with Gasteiger partial charge in [-0.15, -0.1) is 12.4 Å². The van der Waals surface area contributed by atoms with Gasteiger partial charge in [0.1, 0.15) is 0 Å². The SMILES string of the molecule is Cl.NC1Cc2ccccc2N(CCc2cccnc2)C1. The first-order valence-corrected chi connectivity index (χ1v) is 6.80. The highest BCUT2D eigenvalue weighted by atomic mass is 35.5. The number of nitrogens with zero attached hydrogens (tertiary/aromatic N) is 2. The first kappa shape index (κ1) is 14.8. The molecule has 0 spiro atoms. The van der Waals surface area contributed by atoms with Gasteiger partial charge in [0.15, 0.2) is 0 Å². The van der Waals surface area contributed by atoms with Crippen molar-refractivity contribution in [1.29, 1.82) is 0 Å². The Balaban J connectivity index is 0.00000147. The van der Waals surface area contributed by atoms with Gasteiger partial charge in [-0.1, -0.05) is 24.3 Å². The lowest BCUT2D eigenvalue weighted by atomic mass is 9.98. The smallest absolute Gasteiger partial charge is 0.0400 e. The third-order valence-corrected chi connectivity index (χ3v) is 3.66. The van der Waals surface area contributed by atoms with Crippen molar-refractivity contribution in [1.82, 2.24) is 4.98 Å². The number of anilines is 1. The van der Waals surface area contributed by atoms with Gasteiger partial charge in [0.25, 0.3) is 0 Å². The Morgan fingerprint density at radius 1 is 1.20 bits per heavy atom. The second kappa shape index (κ2) is 6.73. The van der Waals surface area contributed by atoms with Gasteiger partial charge in [-0.05, 0) is 36.1 Å². The molecule has 0 saturated heterocycles. The minimum atomic E-state index is 0. The van der Waals surface area contributed by atoms with E-state index in [4.69, 9.17) is 5.73 Å². The maximum Gasteiger partial charge on any atom is 0.0400 e. The molecule has 1 unspecified atom stereocenters. The predicted molar refractivity (Wildman–Crippen MR) is 85.5 cm³/mol. The van der Waals surface area contributed by atoms with Crippen molar-refractivity contribution in [3.63, 3.8) is 0 Å². The molecule has 0 bridgehead atoms. The van der Waals surface area contributed by atoms with E-state index in [9.17, 15) is 0 Å². The summed E-state index contributed by atoms with van der Waals surface area (Å²) in [6.45, 7) is 1.94. The van der Waals surface area contributed by atoms with Crippen LogP contribution in [0.5, 0.6) is 0 Å². The van der Waals surface area contributed by atoms with Crippen LogP contribution in [-0.2, 0) is 12.8 Å². The number of nitrogens with two attached hydrogens (primary N) is 1. The van der Waals surface area contributed by atoms with Gasteiger partial charge in [-0.25, -0.2) is 0 Å². The summed E-state index contributed by atoms with van der Waals surface area (Å²) in [5.74, 6) is 0. The number of pyridine rings is 1. The van der Waals surface area contributed by atoms with E-state index < -0.39 is 0 Å². The second-order valence-electron chi connectivity index (χ2n) is 5.15. The highest BCUT2D eigenvalue weighted by molar-refractivity contribution is 5.85. The number of benzene rings is 1. The summed E-state index contributed by atoms with van der Waals surface area (Å²) in [6.07, 6.45) is 5.75. The van der Waals surface area contributed by atoms with Crippen LogP contribution in [0.25, 0.3) is 0 Å². The predicted octanol–water partition coefficient (Wildman–Crippen LogP) is 2.44. The Kier molecular flexibility index (Phi) is 4.99. The van der Waals surface area contributed by atoms with E-state index >= 15 is 0 Å². The van der Waals surface area contributed by atoms with Gasteiger partial charge < -0.3 is 10.6 Å². The van der Waals surface area contributed by atoms with E-state index in [2.05, 4.69) is 40.2 Å². The Morgan fingerprint density at radius 2 is 2.05 bits per heavy atom. The molecule has 106 valence electrons. The van der Waals surface area contributed by atoms with Crippen LogP contribution in [0, 0.1) is 0 Å². The van der Waals surface area contributed by atoms with Crippen LogP contribution in [0.3, 0.4) is 0 Å². The maximum atomic E-state index is 6.15. The molecule has 0 amide bonds. The van der Waals surface area contributed by atoms with Gasteiger partial charge in [0, 0.05) is 37.2 Å². The first-order valence-electron chi connectivity index (χ1n) is 6.80. The molecule has 2 heterocycles. The van der Waals surface area contributed by atoms with Crippen LogP contribution in [-0.4, -0.2) is 24.1 Å². The number of rotatable bonds is 3. The normalized spacial score (nSPS) is 17.2. The molecule has 2 N–H and O–H groups in total. The van der Waals surface area contributed by atoms with Crippen molar-refractivity contribution < 1.29 is 0 Å². The van der Waals surface area contributed by atoms with E-state index in [1.807, 2.05) is 18.5 Å². The summed E-state index contributed by atoms with van der Waals surface area (Å²) in [4.78, 5) is 6.56. The van der Waals surface area contributed by atoms with Crippen LogP contribution in [0.15, 0.2) is 48.8 Å². The van der Waals surface area contributed by atoms with Crippen molar-refractivity contribution >= 4 is 18.1 Å². The van der Waals surface area contributed by atoms with Gasteiger partial charge in [0.05, 0.1) is 0 Å². The first-order chi connectivity index (χ1) is 9.33. The molecule has 1 aromatic carbocycles. The molecule has 3 rings (SSSR count). The summed E-state index contributed by atoms with van der Waals surface area (Å²) >= 11 is 0. The summed E-state index contributed by atoms with van der Waals surface area (Å²) in [5.41, 5.74) is 10.1. The van der Waals surface area contributed by atoms with Crippen LogP contribution in [0.1, 0.15) is 11.1 Å². The van der Waals surface area contributed by atoms with Crippen molar-refractivity contribution in [2.45, 2.75) is 18.9 Å². The van der Waals surface area contributed by atoms with Crippen molar-refractivity contribution in [2.75, 3.05) is 18.0 Å². The Labute approximate surface area is 126 Å². The Bertz CT molecular complexity index is 544. The molecule has 1 aromatic heterocycles. The van der Waals surface area contributed by atoms with Crippen LogP contribution in [0.2, 0.25) is 0 Å². The fraction of sp³-hybridized carbons (Fsp3) is 0.312. The topological polar surface area (TPSA) is 42.1 Å². The molecule has 2 aromatic rings. The lowest BCUT2D eigenvalue weighted by molar-refractivity contribution is 0.599. The fourth-order valence-electron chi connectivity index (χ4n) is 2.74. The minimum Gasteiger partial charge on any atom is -0.369 e. The van der Waals surface area contributed by atoms with Gasteiger partial charge in [-0.3, -0.25) is 4.98 Å². The number of hydrogen-bond acceptors (Lipinski definition) is 3. The molecule has 4 heteroatoms. The molecule has 0 aliphatic carbocycles. The molecule has 1 aliphatic rings. The summed E-state index contributed by atoms with van der Waals surface area (Å²) in [6, 6.07) is 12.9. The lowest BCUT2D eigenvalue weighted by Crippen LogP contribution is -2.44. The fourth-order valence-corrected chi connectivity index (χ4v) is 2.74. The number of hydrogen-bond donors (Lipinski definition) is 1. The van der Waals surface area contributed by atoms with E-state index in [0.717, 1.165) is 25.9 Å². The summed E-state index contributed by atoms with van der Waals surface area (Å²) in [5, 5.41) is 0. The molecule has 20 heavy (non-hydrogen) atoms.